The van der Waals surface area contributed by atoms with Crippen LogP contribution >= 0.6 is 0 Å². The van der Waals surface area contributed by atoms with Gasteiger partial charge in [-0.1, -0.05) is 0 Å². The molecule has 6 heteroatoms. The normalized spacial score (nSPS) is 15.8. The quantitative estimate of drug-likeness (QED) is 0.799. The number of anilines is 2. The lowest BCUT2D eigenvalue weighted by Gasteiger charge is -2.26. The van der Waals surface area contributed by atoms with Crippen molar-refractivity contribution in [2.24, 2.45) is 0 Å². The molecule has 0 radical (unpaired) electrons. The van der Waals surface area contributed by atoms with Gasteiger partial charge < -0.3 is 15.5 Å². The zero-order valence-electron chi connectivity index (χ0n) is 12.7. The van der Waals surface area contributed by atoms with E-state index in [4.69, 9.17) is 0 Å². The van der Waals surface area contributed by atoms with Crippen LogP contribution in [0.2, 0.25) is 0 Å². The zero-order valence-corrected chi connectivity index (χ0v) is 12.7. The van der Waals surface area contributed by atoms with Crippen LogP contribution in [0.15, 0.2) is 12.1 Å². The second-order valence-electron chi connectivity index (χ2n) is 6.05. The van der Waals surface area contributed by atoms with Gasteiger partial charge in [-0.15, -0.1) is 0 Å². The lowest BCUT2D eigenvalue weighted by atomic mass is 9.99. The number of hydrogen-bond acceptors (Lipinski definition) is 3. The van der Waals surface area contributed by atoms with Crippen molar-refractivity contribution in [3.63, 3.8) is 0 Å². The smallest absolute Gasteiger partial charge is 0.313 e. The summed E-state index contributed by atoms with van der Waals surface area (Å²) in [5, 5.41) is 5.18. The predicted molar refractivity (Wildman–Crippen MR) is 82.7 cm³/mol. The fourth-order valence-electron chi connectivity index (χ4n) is 3.07. The Hall–Kier alpha value is -2.37. The van der Waals surface area contributed by atoms with E-state index in [0.29, 0.717) is 12.1 Å². The molecular weight excluding hydrogens is 282 g/mol. The van der Waals surface area contributed by atoms with Gasteiger partial charge >= 0.3 is 11.8 Å². The maximum absolute atomic E-state index is 12.0. The van der Waals surface area contributed by atoms with E-state index < -0.39 is 11.8 Å². The molecule has 3 rings (SSSR count). The van der Waals surface area contributed by atoms with Crippen molar-refractivity contribution >= 4 is 29.1 Å². The van der Waals surface area contributed by atoms with Crippen molar-refractivity contribution in [3.8, 4) is 0 Å². The molecular formula is C16H19N3O3. The average Bonchev–Trinajstić information content (AvgIpc) is 2.76. The van der Waals surface area contributed by atoms with Crippen LogP contribution in [0.4, 0.5) is 11.4 Å². The summed E-state index contributed by atoms with van der Waals surface area (Å²) in [6.45, 7) is 4.36. The van der Waals surface area contributed by atoms with Gasteiger partial charge in [0.15, 0.2) is 0 Å². The van der Waals surface area contributed by atoms with E-state index in [1.807, 2.05) is 11.0 Å². The second kappa shape index (κ2) is 5.44. The highest BCUT2D eigenvalue weighted by Crippen LogP contribution is 2.38. The molecule has 0 saturated heterocycles. The minimum atomic E-state index is -0.683. The van der Waals surface area contributed by atoms with Crippen molar-refractivity contribution in [2.45, 2.75) is 39.2 Å². The van der Waals surface area contributed by atoms with Gasteiger partial charge in [0, 0.05) is 18.3 Å². The molecule has 0 aliphatic carbocycles. The second-order valence-corrected chi connectivity index (χ2v) is 6.05. The Bertz CT molecular complexity index is 667. The summed E-state index contributed by atoms with van der Waals surface area (Å²) in [6, 6.07) is 3.57. The molecule has 0 atom stereocenters. The zero-order chi connectivity index (χ0) is 15.9. The molecule has 0 saturated carbocycles. The Morgan fingerprint density at radius 3 is 2.64 bits per heavy atom. The number of rotatable bonds is 2. The summed E-state index contributed by atoms with van der Waals surface area (Å²) in [6.07, 6.45) is 2.17. The van der Waals surface area contributed by atoms with Gasteiger partial charge in [0.25, 0.3) is 0 Å². The molecule has 0 bridgehead atoms. The minimum absolute atomic E-state index is 0.0920. The van der Waals surface area contributed by atoms with Crippen LogP contribution in [0, 0.1) is 0 Å². The number of hydrogen-bond donors (Lipinski definition) is 2. The van der Waals surface area contributed by atoms with E-state index in [1.165, 1.54) is 0 Å². The van der Waals surface area contributed by atoms with E-state index in [2.05, 4.69) is 10.6 Å². The molecule has 0 spiro atoms. The number of amides is 3. The molecule has 2 heterocycles. The first-order valence-corrected chi connectivity index (χ1v) is 7.53. The van der Waals surface area contributed by atoms with Gasteiger partial charge in [0.1, 0.15) is 0 Å². The number of nitrogens with one attached hydrogen (secondary N) is 2. The van der Waals surface area contributed by atoms with Gasteiger partial charge in [-0.2, -0.15) is 0 Å². The van der Waals surface area contributed by atoms with Gasteiger partial charge in [-0.25, -0.2) is 0 Å². The van der Waals surface area contributed by atoms with E-state index in [1.54, 1.807) is 19.9 Å². The first-order valence-electron chi connectivity index (χ1n) is 7.53. The maximum Gasteiger partial charge on any atom is 0.313 e. The molecule has 3 amide bonds. The van der Waals surface area contributed by atoms with Crippen LogP contribution in [0.1, 0.15) is 31.4 Å². The predicted octanol–water partition coefficient (Wildman–Crippen LogP) is 0.985. The molecule has 0 aromatic heterocycles. The Labute approximate surface area is 128 Å². The van der Waals surface area contributed by atoms with E-state index in [9.17, 15) is 14.4 Å². The van der Waals surface area contributed by atoms with Gasteiger partial charge in [-0.05, 0) is 49.9 Å². The van der Waals surface area contributed by atoms with E-state index in [0.717, 1.165) is 36.2 Å². The monoisotopic (exact) mass is 301 g/mol. The number of carbonyl (C=O) groups excluding carboxylic acids is 3. The third kappa shape index (κ3) is 2.56. The number of nitrogens with zero attached hydrogens (tertiary/aromatic N) is 1. The van der Waals surface area contributed by atoms with Gasteiger partial charge in [0.2, 0.25) is 5.91 Å². The molecule has 2 aliphatic heterocycles. The number of carbonyl (C=O) groups is 3. The molecule has 1 aromatic carbocycles. The fraction of sp³-hybridized carbons (Fsp3) is 0.438. The lowest BCUT2D eigenvalue weighted by Crippen LogP contribution is -2.39. The van der Waals surface area contributed by atoms with E-state index in [-0.39, 0.29) is 11.9 Å². The standard InChI is InChI=1S/C16H19N3O3/c1-9(2)17-15(21)16(22)18-12-6-10-4-3-5-19-13(20)8-11(7-12)14(10)19/h6-7,9H,3-5,8H2,1-2H3,(H,17,21)(H,18,22). The third-order valence-corrected chi connectivity index (χ3v) is 3.89. The third-order valence-electron chi connectivity index (χ3n) is 3.89. The summed E-state index contributed by atoms with van der Waals surface area (Å²) in [5.41, 5.74) is 3.58. The van der Waals surface area contributed by atoms with Gasteiger partial charge in [-0.3, -0.25) is 14.4 Å². The molecule has 0 unspecified atom stereocenters. The van der Waals surface area contributed by atoms with Gasteiger partial charge in [0.05, 0.1) is 12.1 Å². The Balaban J connectivity index is 1.83. The SMILES string of the molecule is CC(C)NC(=O)C(=O)Nc1cc2c3c(c1)CC(=O)N3CCC2. The van der Waals surface area contributed by atoms with Crippen LogP contribution < -0.4 is 15.5 Å². The van der Waals surface area contributed by atoms with E-state index >= 15 is 0 Å². The highest BCUT2D eigenvalue weighted by Gasteiger charge is 2.32. The first-order chi connectivity index (χ1) is 10.5. The largest absolute Gasteiger partial charge is 0.346 e. The van der Waals surface area contributed by atoms with Crippen LogP contribution in [-0.4, -0.2) is 30.3 Å². The Morgan fingerprint density at radius 1 is 1.18 bits per heavy atom. The summed E-state index contributed by atoms with van der Waals surface area (Å²) in [5.74, 6) is -1.23. The van der Waals surface area contributed by atoms with Crippen molar-refractivity contribution in [3.05, 3.63) is 23.3 Å². The topological polar surface area (TPSA) is 78.5 Å². The molecule has 2 aliphatic rings. The lowest BCUT2D eigenvalue weighted by molar-refractivity contribution is -0.136. The Morgan fingerprint density at radius 2 is 1.91 bits per heavy atom. The van der Waals surface area contributed by atoms with Crippen molar-refractivity contribution in [1.29, 1.82) is 0 Å². The van der Waals surface area contributed by atoms with Crippen LogP contribution in [-0.2, 0) is 27.2 Å². The fourth-order valence-corrected chi connectivity index (χ4v) is 3.07. The summed E-state index contributed by atoms with van der Waals surface area (Å²) >= 11 is 0. The number of aryl methyl sites for hydroxylation is 1. The van der Waals surface area contributed by atoms with Crippen LogP contribution in [0.3, 0.4) is 0 Å². The van der Waals surface area contributed by atoms with Crippen molar-refractivity contribution < 1.29 is 14.4 Å². The average molecular weight is 301 g/mol. The van der Waals surface area contributed by atoms with Crippen molar-refractivity contribution in [1.82, 2.24) is 5.32 Å². The highest BCUT2D eigenvalue weighted by molar-refractivity contribution is 6.39. The molecule has 0 fully saturated rings. The molecule has 2 N–H and O–H groups in total. The molecule has 22 heavy (non-hydrogen) atoms. The Kier molecular flexibility index (Phi) is 3.60. The van der Waals surface area contributed by atoms with Crippen LogP contribution in [0.25, 0.3) is 0 Å². The number of benzene rings is 1. The molecule has 1 aromatic rings. The van der Waals surface area contributed by atoms with Crippen molar-refractivity contribution in [2.75, 3.05) is 16.8 Å². The minimum Gasteiger partial charge on any atom is -0.346 e. The van der Waals surface area contributed by atoms with Crippen LogP contribution in [0.5, 0.6) is 0 Å². The highest BCUT2D eigenvalue weighted by atomic mass is 16.2. The maximum atomic E-state index is 12.0. The first kappa shape index (κ1) is 14.6. The summed E-state index contributed by atoms with van der Waals surface area (Å²) < 4.78 is 0. The molecule has 116 valence electrons. The summed E-state index contributed by atoms with van der Waals surface area (Å²) in [7, 11) is 0. The summed E-state index contributed by atoms with van der Waals surface area (Å²) in [4.78, 5) is 37.4. The molecule has 6 nitrogen and oxygen atoms in total.